The molecule has 1 amide bonds. The molecule has 0 aromatic heterocycles. The number of ether oxygens (including phenoxy) is 4. The fourth-order valence-electron chi connectivity index (χ4n) is 4.22. The SMILES string of the molecule is [2H]C([2H])([2H])C([2H])(C([2H])([2H])[2H])C([2H])([2H])N(C[C@@H](O)[C@H](Cc1ccccc1)NC(=O)O[C@]1([2H])[C@@H]2CCO[C@@H]2OC1([2H])[2H])S(=O)(=O)c1ccc(OC(F)(F)F)cc1. The van der Waals surface area contributed by atoms with Crippen molar-refractivity contribution in [1.29, 1.82) is 0 Å². The summed E-state index contributed by atoms with van der Waals surface area (Å²) in [5.41, 5.74) is 0.337. The van der Waals surface area contributed by atoms with Crippen LogP contribution in [-0.4, -0.2) is 81.0 Å². The molecule has 14 heteroatoms. The Balaban J connectivity index is 1.78. The molecule has 2 aliphatic rings. The minimum Gasteiger partial charge on any atom is -0.443 e. The summed E-state index contributed by atoms with van der Waals surface area (Å²) in [6.07, 6.45) is -13.4. The van der Waals surface area contributed by atoms with Crippen LogP contribution < -0.4 is 10.1 Å². The molecule has 2 aromatic carbocycles. The monoisotopic (exact) mass is 628 g/mol. The van der Waals surface area contributed by atoms with Crippen molar-refractivity contribution in [1.82, 2.24) is 9.62 Å². The Kier molecular flexibility index (Phi) is 6.27. The molecule has 232 valence electrons. The van der Waals surface area contributed by atoms with Gasteiger partial charge >= 0.3 is 12.5 Å². The first-order valence-electron chi connectivity index (χ1n) is 18.4. The Morgan fingerprint density at radius 1 is 1.26 bits per heavy atom. The van der Waals surface area contributed by atoms with Crippen LogP contribution in [0.25, 0.3) is 0 Å². The number of rotatable bonds is 12. The number of halogens is 3. The van der Waals surface area contributed by atoms with Gasteiger partial charge in [-0.15, -0.1) is 13.2 Å². The second-order valence-corrected chi connectivity index (χ2v) is 11.0. The Labute approximate surface area is 259 Å². The zero-order valence-electron chi connectivity index (χ0n) is 33.6. The second-order valence-electron chi connectivity index (χ2n) is 9.16. The molecule has 0 aliphatic carbocycles. The molecule has 2 heterocycles. The van der Waals surface area contributed by atoms with E-state index in [0.29, 0.717) is 29.8 Å². The molecule has 4 rings (SSSR count). The van der Waals surface area contributed by atoms with E-state index < -0.39 is 113 Å². The summed E-state index contributed by atoms with van der Waals surface area (Å²) in [6, 6.07) is 7.85. The number of carbonyl (C=O) groups is 1. The third-order valence-electron chi connectivity index (χ3n) is 6.16. The highest BCUT2D eigenvalue weighted by atomic mass is 32.2. The Hall–Kier alpha value is -2.91. The quantitative estimate of drug-likeness (QED) is 0.365. The van der Waals surface area contributed by atoms with E-state index in [1.807, 2.05) is 0 Å². The normalized spacial score (nSPS) is 30.5. The van der Waals surface area contributed by atoms with E-state index >= 15 is 0 Å². The number of fused-ring (bicyclic) bond motifs is 1. The smallest absolute Gasteiger partial charge is 0.443 e. The topological polar surface area (TPSA) is 124 Å². The lowest BCUT2D eigenvalue weighted by atomic mass is 10.0. The highest BCUT2D eigenvalue weighted by molar-refractivity contribution is 7.89. The molecular formula is C28H35F3N2O8S. The van der Waals surface area contributed by atoms with Crippen LogP contribution in [0.5, 0.6) is 5.75 Å². The molecule has 0 spiro atoms. The molecular weight excluding hydrogens is 581 g/mol. The maximum absolute atomic E-state index is 14.1. The highest BCUT2D eigenvalue weighted by Crippen LogP contribution is 2.33. The lowest BCUT2D eigenvalue weighted by Crippen LogP contribution is -2.51. The van der Waals surface area contributed by atoms with Gasteiger partial charge in [-0.2, -0.15) is 4.31 Å². The molecule has 5 atom stereocenters. The average Bonchev–Trinajstić information content (AvgIpc) is 3.55. The van der Waals surface area contributed by atoms with Gasteiger partial charge in [0.05, 0.1) is 40.2 Å². The van der Waals surface area contributed by atoms with Crippen molar-refractivity contribution < 1.29 is 66.9 Å². The Bertz CT molecular complexity index is 1740. The van der Waals surface area contributed by atoms with Crippen molar-refractivity contribution in [2.24, 2.45) is 11.8 Å². The molecule has 42 heavy (non-hydrogen) atoms. The molecule has 2 fully saturated rings. The maximum atomic E-state index is 14.1. The van der Waals surface area contributed by atoms with E-state index in [2.05, 4.69) is 10.1 Å². The van der Waals surface area contributed by atoms with E-state index in [1.54, 1.807) is 6.07 Å². The van der Waals surface area contributed by atoms with E-state index in [-0.39, 0.29) is 13.0 Å². The van der Waals surface area contributed by atoms with Crippen molar-refractivity contribution in [2.75, 3.05) is 26.2 Å². The first-order chi connectivity index (χ1) is 24.5. The van der Waals surface area contributed by atoms with Crippen molar-refractivity contribution in [2.45, 2.75) is 62.3 Å². The van der Waals surface area contributed by atoms with E-state index in [1.165, 1.54) is 24.3 Å². The van der Waals surface area contributed by atoms with Crippen molar-refractivity contribution in [3.63, 3.8) is 0 Å². The van der Waals surface area contributed by atoms with Crippen LogP contribution in [-0.2, 0) is 30.7 Å². The number of benzene rings is 2. The molecule has 0 radical (unpaired) electrons. The lowest BCUT2D eigenvalue weighted by Gasteiger charge is -2.31. The standard InChI is InChI=1S/C28H35F3N2O8S/c1-18(2)15-33(42(36,37)21-10-8-20(9-11-21)41-28(29,30)31)16-24(34)23(14-19-6-4-3-5-7-19)32-27(35)40-25-17-39-26-22(25)12-13-38-26/h3-11,18,22-26,34H,12-17H2,1-2H3,(H,32,35)/t22-,23-,24+,25-,26+/m0/s1/i1D3,2D3,15D2,17D2,18D,25D. The summed E-state index contributed by atoms with van der Waals surface area (Å²) in [5.74, 6) is -6.32. The summed E-state index contributed by atoms with van der Waals surface area (Å²) in [6.45, 7) is -16.9. The number of alkyl carbamates (subject to hydrolysis) is 1. The van der Waals surface area contributed by atoms with Crippen LogP contribution in [0.15, 0.2) is 59.5 Å². The number of carbonyl (C=O) groups excluding carboxylic acids is 1. The molecule has 0 bridgehead atoms. The first kappa shape index (κ1) is 19.4. The maximum Gasteiger partial charge on any atom is 0.573 e. The van der Waals surface area contributed by atoms with Gasteiger partial charge in [0.2, 0.25) is 10.0 Å². The van der Waals surface area contributed by atoms with Gasteiger partial charge in [-0.05, 0) is 48.6 Å². The van der Waals surface area contributed by atoms with Crippen LogP contribution >= 0.6 is 0 Å². The van der Waals surface area contributed by atoms with Crippen LogP contribution in [0.1, 0.15) is 42.1 Å². The molecule has 10 nitrogen and oxygen atoms in total. The fourth-order valence-corrected chi connectivity index (χ4v) is 5.52. The minimum absolute atomic E-state index is 0.0424. The third kappa shape index (κ3) is 8.57. The number of nitrogens with one attached hydrogen (secondary N) is 1. The third-order valence-corrected chi connectivity index (χ3v) is 7.84. The molecule has 2 N–H and O–H groups in total. The number of nitrogens with zero attached hydrogens (tertiary/aromatic N) is 1. The summed E-state index contributed by atoms with van der Waals surface area (Å²) in [7, 11) is -5.62. The van der Waals surface area contributed by atoms with Gasteiger partial charge in [0, 0.05) is 25.4 Å². The number of hydrogen-bond donors (Lipinski definition) is 2. The van der Waals surface area contributed by atoms with Gasteiger partial charge in [0.15, 0.2) is 6.29 Å². The number of hydrogen-bond acceptors (Lipinski definition) is 8. The number of alkyl halides is 3. The zero-order valence-corrected chi connectivity index (χ0v) is 22.4. The van der Waals surface area contributed by atoms with Gasteiger partial charge < -0.3 is 29.4 Å². The molecule has 0 saturated carbocycles. The number of sulfonamides is 1. The summed E-state index contributed by atoms with van der Waals surface area (Å²) in [4.78, 5) is 12.3. The van der Waals surface area contributed by atoms with Crippen molar-refractivity contribution in [3.05, 3.63) is 60.2 Å². The van der Waals surface area contributed by atoms with E-state index in [0.717, 1.165) is 0 Å². The summed E-state index contributed by atoms with van der Waals surface area (Å²) >= 11 is 0. The van der Waals surface area contributed by atoms with Crippen LogP contribution in [0.3, 0.4) is 0 Å². The van der Waals surface area contributed by atoms with E-state index in [9.17, 15) is 31.5 Å². The first-order valence-corrected chi connectivity index (χ1v) is 13.8. The Morgan fingerprint density at radius 2 is 1.98 bits per heavy atom. The van der Waals surface area contributed by atoms with Crippen LogP contribution in [0.4, 0.5) is 18.0 Å². The zero-order chi connectivity index (χ0) is 40.9. The van der Waals surface area contributed by atoms with Gasteiger partial charge in [0.1, 0.15) is 11.8 Å². The summed E-state index contributed by atoms with van der Waals surface area (Å²) < 4.78 is 183. The van der Waals surface area contributed by atoms with Crippen LogP contribution in [0.2, 0.25) is 0 Å². The highest BCUT2D eigenvalue weighted by Gasteiger charge is 2.44. The van der Waals surface area contributed by atoms with Gasteiger partial charge in [-0.1, -0.05) is 44.0 Å². The molecule has 2 aromatic rings. The van der Waals surface area contributed by atoms with Gasteiger partial charge in [-0.3, -0.25) is 0 Å². The second kappa shape index (κ2) is 13.6. The predicted octanol–water partition coefficient (Wildman–Crippen LogP) is 3.69. The largest absolute Gasteiger partial charge is 0.573 e. The van der Waals surface area contributed by atoms with Gasteiger partial charge in [-0.25, -0.2) is 13.2 Å². The van der Waals surface area contributed by atoms with Crippen LogP contribution in [0, 0.1) is 11.8 Å². The molecule has 2 aliphatic heterocycles. The lowest BCUT2D eigenvalue weighted by molar-refractivity contribution is -0.274. The van der Waals surface area contributed by atoms with E-state index in [4.69, 9.17) is 30.7 Å². The molecule has 0 unspecified atom stereocenters. The number of amides is 1. The summed E-state index contributed by atoms with van der Waals surface area (Å²) in [5, 5.41) is 13.8. The fraction of sp³-hybridized carbons (Fsp3) is 0.536. The molecule has 2 saturated heterocycles. The Morgan fingerprint density at radius 3 is 2.64 bits per heavy atom. The van der Waals surface area contributed by atoms with Gasteiger partial charge in [0.25, 0.3) is 0 Å². The number of aliphatic hydroxyl groups excluding tert-OH is 1. The average molecular weight is 629 g/mol. The number of aliphatic hydroxyl groups is 1. The minimum atomic E-state index is -5.62. The predicted molar refractivity (Wildman–Crippen MR) is 144 cm³/mol. The van der Waals surface area contributed by atoms with Crippen molar-refractivity contribution >= 4 is 16.1 Å². The van der Waals surface area contributed by atoms with Crippen molar-refractivity contribution in [3.8, 4) is 5.75 Å².